The summed E-state index contributed by atoms with van der Waals surface area (Å²) < 4.78 is 6.97. The molecule has 0 spiro atoms. The van der Waals surface area contributed by atoms with E-state index in [2.05, 4.69) is 12.2 Å². The Morgan fingerprint density at radius 3 is 2.57 bits per heavy atom. The molecule has 178 valence electrons. The van der Waals surface area contributed by atoms with Crippen LogP contribution in [-0.2, 0) is 11.3 Å². The molecule has 1 N–H and O–H groups in total. The number of hydrogen-bond donors (Lipinski definition) is 1. The summed E-state index contributed by atoms with van der Waals surface area (Å²) in [6.45, 7) is 2.45. The van der Waals surface area contributed by atoms with Crippen LogP contribution in [0.4, 0.5) is 0 Å². The molecule has 0 aliphatic carbocycles. The Bertz CT molecular complexity index is 1390. The van der Waals surface area contributed by atoms with Crippen LogP contribution in [0.1, 0.15) is 39.6 Å². The number of amides is 1. The second kappa shape index (κ2) is 11.0. The second-order valence-corrected chi connectivity index (χ2v) is 8.83. The molecule has 0 radical (unpaired) electrons. The lowest BCUT2D eigenvalue weighted by molar-refractivity contribution is 0.0602. The van der Waals surface area contributed by atoms with Crippen molar-refractivity contribution in [3.05, 3.63) is 88.3 Å². The zero-order chi connectivity index (χ0) is 24.8. The minimum atomic E-state index is -0.591. The molecule has 0 atom stereocenters. The number of imidazole rings is 1. The fourth-order valence-electron chi connectivity index (χ4n) is 3.92. The third-order valence-corrected chi connectivity index (χ3v) is 6.66. The number of esters is 1. The van der Waals surface area contributed by atoms with Crippen LogP contribution in [-0.4, -0.2) is 34.3 Å². The van der Waals surface area contributed by atoms with Gasteiger partial charge in [0.25, 0.3) is 5.91 Å². The predicted molar refractivity (Wildman–Crippen MR) is 136 cm³/mol. The first-order valence-corrected chi connectivity index (χ1v) is 12.1. The maximum Gasteiger partial charge on any atom is 0.340 e. The Balaban J connectivity index is 1.84. The summed E-state index contributed by atoms with van der Waals surface area (Å²) in [7, 11) is 1.35. The molecule has 0 fully saturated rings. The van der Waals surface area contributed by atoms with Crippen LogP contribution in [0.25, 0.3) is 22.2 Å². The van der Waals surface area contributed by atoms with Gasteiger partial charge in [-0.3, -0.25) is 4.79 Å². The molecular weight excluding hydrogens is 464 g/mol. The van der Waals surface area contributed by atoms with E-state index in [1.165, 1.54) is 7.11 Å². The van der Waals surface area contributed by atoms with Crippen molar-refractivity contribution in [3.8, 4) is 11.1 Å². The van der Waals surface area contributed by atoms with E-state index in [-0.39, 0.29) is 0 Å². The van der Waals surface area contributed by atoms with E-state index in [1.807, 2.05) is 58.5 Å². The second-order valence-electron chi connectivity index (χ2n) is 7.77. The minimum absolute atomic E-state index is 0.327. The number of rotatable bonds is 9. The summed E-state index contributed by atoms with van der Waals surface area (Å²) in [5, 5.41) is 3.33. The highest BCUT2D eigenvalue weighted by Gasteiger charge is 2.20. The van der Waals surface area contributed by atoms with Gasteiger partial charge in [0.05, 0.1) is 35.5 Å². The fourth-order valence-corrected chi connectivity index (χ4v) is 4.78. The van der Waals surface area contributed by atoms with E-state index in [0.717, 1.165) is 28.5 Å². The summed E-state index contributed by atoms with van der Waals surface area (Å²) in [5.41, 5.74) is 6.44. The standard InChI is InChI=1S/C26H24N4O4S/c1-3-14-35-26-27-22-11-7-10-20(25(32)34-2)23(22)30(26)16-17-12-13-19(18-8-5-4-6-9-18)21(15-17)24(31)28-29-33/h4-13,15H,3,14,16H2,1-2H3,(H,28,31,33). The van der Waals surface area contributed by atoms with Crippen LogP contribution in [0.2, 0.25) is 0 Å². The van der Waals surface area contributed by atoms with Gasteiger partial charge < -0.3 is 9.30 Å². The molecule has 8 nitrogen and oxygen atoms in total. The normalized spacial score (nSPS) is 10.8. The minimum Gasteiger partial charge on any atom is -0.465 e. The van der Waals surface area contributed by atoms with Crippen LogP contribution >= 0.6 is 11.8 Å². The maximum atomic E-state index is 12.7. The van der Waals surface area contributed by atoms with E-state index in [9.17, 15) is 14.5 Å². The highest BCUT2D eigenvalue weighted by molar-refractivity contribution is 7.99. The number of nitroso groups, excluding NO2 is 1. The summed E-state index contributed by atoms with van der Waals surface area (Å²) in [5.74, 6) is -0.171. The van der Waals surface area contributed by atoms with Crippen molar-refractivity contribution in [1.29, 1.82) is 0 Å². The third-order valence-electron chi connectivity index (χ3n) is 5.47. The summed E-state index contributed by atoms with van der Waals surface area (Å²) in [4.78, 5) is 40.7. The number of methoxy groups -OCH3 is 1. The quantitative estimate of drug-likeness (QED) is 0.145. The van der Waals surface area contributed by atoms with Gasteiger partial charge in [-0.15, -0.1) is 4.91 Å². The third kappa shape index (κ3) is 5.09. The number of ether oxygens (including phenoxy) is 1. The van der Waals surface area contributed by atoms with E-state index in [0.29, 0.717) is 34.3 Å². The molecule has 0 unspecified atom stereocenters. The van der Waals surface area contributed by atoms with Crippen LogP contribution in [0.3, 0.4) is 0 Å². The number of carbonyl (C=O) groups excluding carboxylic acids is 2. The van der Waals surface area contributed by atoms with E-state index in [4.69, 9.17) is 9.72 Å². The van der Waals surface area contributed by atoms with Crippen LogP contribution in [0.5, 0.6) is 0 Å². The van der Waals surface area contributed by atoms with Crippen LogP contribution < -0.4 is 5.43 Å². The molecular formula is C26H24N4O4S. The van der Waals surface area contributed by atoms with Gasteiger partial charge in [-0.2, -0.15) is 0 Å². The average Bonchev–Trinajstić information content (AvgIpc) is 3.24. The van der Waals surface area contributed by atoms with Crippen LogP contribution in [0, 0.1) is 4.91 Å². The summed E-state index contributed by atoms with van der Waals surface area (Å²) in [6.07, 6.45) is 0.965. The number of carbonyl (C=O) groups is 2. The smallest absolute Gasteiger partial charge is 0.340 e. The van der Waals surface area contributed by atoms with Crippen molar-refractivity contribution >= 4 is 34.7 Å². The lowest BCUT2D eigenvalue weighted by atomic mass is 9.97. The summed E-state index contributed by atoms with van der Waals surface area (Å²) >= 11 is 1.60. The van der Waals surface area contributed by atoms with Gasteiger partial charge >= 0.3 is 5.97 Å². The molecule has 0 aliphatic heterocycles. The molecule has 4 aromatic rings. The van der Waals surface area contributed by atoms with Gasteiger partial charge in [-0.25, -0.2) is 15.2 Å². The van der Waals surface area contributed by atoms with Crippen molar-refractivity contribution in [2.75, 3.05) is 12.9 Å². The Morgan fingerprint density at radius 1 is 1.06 bits per heavy atom. The molecule has 1 heterocycles. The first-order chi connectivity index (χ1) is 17.1. The average molecular weight is 489 g/mol. The molecule has 0 saturated carbocycles. The number of hydrogen-bond acceptors (Lipinski definition) is 7. The lowest BCUT2D eigenvalue weighted by Crippen LogP contribution is -2.18. The summed E-state index contributed by atoms with van der Waals surface area (Å²) in [6, 6.07) is 20.3. The van der Waals surface area contributed by atoms with Gasteiger partial charge in [0.1, 0.15) is 0 Å². The fraction of sp³-hybridized carbons (Fsp3) is 0.192. The molecule has 0 aliphatic rings. The molecule has 0 bridgehead atoms. The Hall–Kier alpha value is -3.98. The Labute approximate surface area is 206 Å². The van der Waals surface area contributed by atoms with Crippen molar-refractivity contribution in [2.45, 2.75) is 25.0 Å². The molecule has 4 rings (SSSR count). The molecule has 9 heteroatoms. The number of fused-ring (bicyclic) bond motifs is 1. The highest BCUT2D eigenvalue weighted by Crippen LogP contribution is 2.30. The number of para-hydroxylation sites is 1. The van der Waals surface area contributed by atoms with E-state index < -0.39 is 11.9 Å². The monoisotopic (exact) mass is 488 g/mol. The van der Waals surface area contributed by atoms with Crippen LogP contribution in [0.15, 0.2) is 77.2 Å². The van der Waals surface area contributed by atoms with E-state index >= 15 is 0 Å². The molecule has 3 aromatic carbocycles. The number of benzene rings is 3. The van der Waals surface area contributed by atoms with Gasteiger partial charge in [-0.1, -0.05) is 67.2 Å². The number of nitrogens with zero attached hydrogens (tertiary/aromatic N) is 3. The van der Waals surface area contributed by atoms with Crippen molar-refractivity contribution in [1.82, 2.24) is 15.0 Å². The Kier molecular flexibility index (Phi) is 7.57. The zero-order valence-electron chi connectivity index (χ0n) is 19.4. The SMILES string of the molecule is CCCSc1nc2cccc(C(=O)OC)c2n1Cc1ccc(-c2ccccc2)c(C(=O)NN=O)c1. The van der Waals surface area contributed by atoms with Gasteiger partial charge in [0, 0.05) is 11.3 Å². The highest BCUT2D eigenvalue weighted by atomic mass is 32.2. The number of aromatic nitrogens is 2. The zero-order valence-corrected chi connectivity index (χ0v) is 20.2. The molecule has 1 amide bonds. The topological polar surface area (TPSA) is 103 Å². The van der Waals surface area contributed by atoms with Gasteiger partial charge in [0.2, 0.25) is 0 Å². The molecule has 1 aromatic heterocycles. The largest absolute Gasteiger partial charge is 0.465 e. The Morgan fingerprint density at radius 2 is 1.86 bits per heavy atom. The van der Waals surface area contributed by atoms with Crippen molar-refractivity contribution < 1.29 is 14.3 Å². The first-order valence-electron chi connectivity index (χ1n) is 11.1. The first kappa shape index (κ1) is 24.2. The van der Waals surface area contributed by atoms with Crippen molar-refractivity contribution in [2.24, 2.45) is 5.29 Å². The maximum absolute atomic E-state index is 12.7. The van der Waals surface area contributed by atoms with Gasteiger partial charge in [0.15, 0.2) is 5.16 Å². The number of thioether (sulfide) groups is 1. The lowest BCUT2D eigenvalue weighted by Gasteiger charge is -2.14. The van der Waals surface area contributed by atoms with Crippen molar-refractivity contribution in [3.63, 3.8) is 0 Å². The predicted octanol–water partition coefficient (Wildman–Crippen LogP) is 5.45. The van der Waals surface area contributed by atoms with E-state index in [1.54, 1.807) is 30.0 Å². The molecule has 35 heavy (non-hydrogen) atoms. The molecule has 0 saturated heterocycles. The number of nitrogens with one attached hydrogen (secondary N) is 1. The van der Waals surface area contributed by atoms with Gasteiger partial charge in [-0.05, 0) is 41.3 Å².